The van der Waals surface area contributed by atoms with Crippen LogP contribution in [0.5, 0.6) is 5.75 Å². The van der Waals surface area contributed by atoms with Gasteiger partial charge in [0.1, 0.15) is 5.75 Å². The van der Waals surface area contributed by atoms with Crippen LogP contribution in [0.4, 0.5) is 0 Å². The third-order valence-electron chi connectivity index (χ3n) is 1.90. The minimum Gasteiger partial charge on any atom is -0.493 e. The van der Waals surface area contributed by atoms with Crippen LogP contribution in [-0.4, -0.2) is 6.61 Å². The molecule has 1 aromatic carbocycles. The Balaban J connectivity index is 2.49. The van der Waals surface area contributed by atoms with Crippen LogP contribution in [0.15, 0.2) is 22.7 Å². The maximum atomic E-state index is 5.47. The molecular weight excluding hydrogens is 204 g/mol. The van der Waals surface area contributed by atoms with Gasteiger partial charge in [-0.15, -0.1) is 0 Å². The number of halogens is 1. The zero-order valence-electron chi connectivity index (χ0n) is 6.14. The number of ether oxygens (including phenoxy) is 1. The van der Waals surface area contributed by atoms with Gasteiger partial charge in [0.2, 0.25) is 0 Å². The van der Waals surface area contributed by atoms with Gasteiger partial charge in [0.25, 0.3) is 0 Å². The van der Waals surface area contributed by atoms with Crippen LogP contribution in [0.2, 0.25) is 0 Å². The standard InChI is InChI=1S/C9H9BrO/c10-8-4-1-5-9-7(8)3-2-6-11-9/h1,4-5H,2-3,6H2. The molecule has 2 rings (SSSR count). The highest BCUT2D eigenvalue weighted by Gasteiger charge is 2.11. The fraction of sp³-hybridized carbons (Fsp3) is 0.333. The van der Waals surface area contributed by atoms with E-state index in [9.17, 15) is 0 Å². The van der Waals surface area contributed by atoms with Gasteiger partial charge in [0.15, 0.2) is 0 Å². The minimum absolute atomic E-state index is 0.865. The molecule has 0 aromatic heterocycles. The molecule has 2 heteroatoms. The second-order valence-electron chi connectivity index (χ2n) is 2.67. The van der Waals surface area contributed by atoms with Crippen molar-refractivity contribution in [3.05, 3.63) is 28.2 Å². The molecule has 0 amide bonds. The van der Waals surface area contributed by atoms with Crippen molar-refractivity contribution in [3.8, 4) is 5.75 Å². The summed E-state index contributed by atoms with van der Waals surface area (Å²) >= 11 is 3.50. The zero-order chi connectivity index (χ0) is 7.68. The summed E-state index contributed by atoms with van der Waals surface area (Å²) in [5.41, 5.74) is 1.32. The summed E-state index contributed by atoms with van der Waals surface area (Å²) in [7, 11) is 0. The van der Waals surface area contributed by atoms with Gasteiger partial charge in [0.05, 0.1) is 6.61 Å². The number of rotatable bonds is 0. The molecule has 1 heterocycles. The van der Waals surface area contributed by atoms with Crippen LogP contribution in [0, 0.1) is 0 Å². The largest absolute Gasteiger partial charge is 0.493 e. The van der Waals surface area contributed by atoms with Crippen molar-refractivity contribution in [1.29, 1.82) is 0 Å². The first-order chi connectivity index (χ1) is 5.38. The Labute approximate surface area is 74.5 Å². The lowest BCUT2D eigenvalue weighted by Gasteiger charge is -2.17. The fourth-order valence-electron chi connectivity index (χ4n) is 1.35. The van der Waals surface area contributed by atoms with Crippen LogP contribution in [0.3, 0.4) is 0 Å². The van der Waals surface area contributed by atoms with E-state index in [0.717, 1.165) is 25.2 Å². The van der Waals surface area contributed by atoms with E-state index in [1.54, 1.807) is 0 Å². The summed E-state index contributed by atoms with van der Waals surface area (Å²) in [5.74, 6) is 1.05. The number of fused-ring (bicyclic) bond motifs is 1. The van der Waals surface area contributed by atoms with Crippen molar-refractivity contribution in [2.45, 2.75) is 12.8 Å². The first-order valence-corrected chi connectivity index (χ1v) is 4.57. The smallest absolute Gasteiger partial charge is 0.123 e. The first-order valence-electron chi connectivity index (χ1n) is 3.78. The van der Waals surface area contributed by atoms with Crippen LogP contribution < -0.4 is 4.74 Å². The monoisotopic (exact) mass is 212 g/mol. The molecule has 0 saturated heterocycles. The molecule has 0 unspecified atom stereocenters. The van der Waals surface area contributed by atoms with Crippen LogP contribution in [0.1, 0.15) is 12.0 Å². The third kappa shape index (κ3) is 1.27. The molecule has 11 heavy (non-hydrogen) atoms. The van der Waals surface area contributed by atoms with Crippen LogP contribution in [-0.2, 0) is 6.42 Å². The maximum Gasteiger partial charge on any atom is 0.123 e. The second-order valence-corrected chi connectivity index (χ2v) is 3.52. The van der Waals surface area contributed by atoms with E-state index in [-0.39, 0.29) is 0 Å². The Morgan fingerprint density at radius 1 is 1.36 bits per heavy atom. The number of hydrogen-bond donors (Lipinski definition) is 0. The van der Waals surface area contributed by atoms with E-state index < -0.39 is 0 Å². The SMILES string of the molecule is Brc1cccc2c1CCCO2. The van der Waals surface area contributed by atoms with Gasteiger partial charge in [0, 0.05) is 10.0 Å². The summed E-state index contributed by atoms with van der Waals surface area (Å²) in [6.07, 6.45) is 2.27. The molecule has 0 radical (unpaired) electrons. The van der Waals surface area contributed by atoms with Crippen molar-refractivity contribution in [3.63, 3.8) is 0 Å². The number of benzene rings is 1. The zero-order valence-corrected chi connectivity index (χ0v) is 7.73. The molecule has 1 aromatic rings. The van der Waals surface area contributed by atoms with Crippen molar-refractivity contribution >= 4 is 15.9 Å². The molecule has 1 nitrogen and oxygen atoms in total. The van der Waals surface area contributed by atoms with Gasteiger partial charge < -0.3 is 4.74 Å². The Kier molecular flexibility index (Phi) is 1.86. The predicted octanol–water partition coefficient (Wildman–Crippen LogP) is 2.77. The highest BCUT2D eigenvalue weighted by Crippen LogP contribution is 2.30. The minimum atomic E-state index is 0.865. The Morgan fingerprint density at radius 2 is 2.27 bits per heavy atom. The summed E-state index contributed by atoms with van der Waals surface area (Å²) in [6.45, 7) is 0.865. The predicted molar refractivity (Wildman–Crippen MR) is 48.0 cm³/mol. The second kappa shape index (κ2) is 2.86. The molecule has 0 atom stereocenters. The Bertz CT molecular complexity index is 270. The topological polar surface area (TPSA) is 9.23 Å². The lowest BCUT2D eigenvalue weighted by Crippen LogP contribution is -2.08. The maximum absolute atomic E-state index is 5.47. The lowest BCUT2D eigenvalue weighted by molar-refractivity contribution is 0.288. The van der Waals surface area contributed by atoms with Crippen molar-refractivity contribution in [1.82, 2.24) is 0 Å². The molecule has 0 saturated carbocycles. The van der Waals surface area contributed by atoms with E-state index in [1.165, 1.54) is 10.0 Å². The van der Waals surface area contributed by atoms with Crippen LogP contribution >= 0.6 is 15.9 Å². The average molecular weight is 213 g/mol. The molecular formula is C9H9BrO. The molecule has 58 valence electrons. The molecule has 0 aliphatic carbocycles. The third-order valence-corrected chi connectivity index (χ3v) is 2.65. The highest BCUT2D eigenvalue weighted by molar-refractivity contribution is 9.10. The quantitative estimate of drug-likeness (QED) is 0.643. The Morgan fingerprint density at radius 3 is 3.09 bits per heavy atom. The van der Waals surface area contributed by atoms with Crippen molar-refractivity contribution < 1.29 is 4.74 Å². The van der Waals surface area contributed by atoms with Gasteiger partial charge in [-0.25, -0.2) is 0 Å². The molecule has 1 aliphatic rings. The lowest BCUT2D eigenvalue weighted by atomic mass is 10.1. The summed E-state index contributed by atoms with van der Waals surface area (Å²) < 4.78 is 6.65. The fourth-order valence-corrected chi connectivity index (χ4v) is 1.89. The van der Waals surface area contributed by atoms with E-state index >= 15 is 0 Å². The molecule has 0 spiro atoms. The summed E-state index contributed by atoms with van der Waals surface area (Å²) in [4.78, 5) is 0. The normalized spacial score (nSPS) is 15.4. The van der Waals surface area contributed by atoms with E-state index in [0.29, 0.717) is 0 Å². The van der Waals surface area contributed by atoms with Crippen LogP contribution in [0.25, 0.3) is 0 Å². The van der Waals surface area contributed by atoms with Crippen molar-refractivity contribution in [2.24, 2.45) is 0 Å². The van der Waals surface area contributed by atoms with Gasteiger partial charge >= 0.3 is 0 Å². The average Bonchev–Trinajstić information content (AvgIpc) is 2.06. The highest BCUT2D eigenvalue weighted by atomic mass is 79.9. The van der Waals surface area contributed by atoms with Gasteiger partial charge in [-0.1, -0.05) is 22.0 Å². The first kappa shape index (κ1) is 7.17. The molecule has 0 bridgehead atoms. The number of hydrogen-bond acceptors (Lipinski definition) is 1. The molecule has 0 N–H and O–H groups in total. The van der Waals surface area contributed by atoms with Gasteiger partial charge in [-0.3, -0.25) is 0 Å². The molecule has 0 fully saturated rings. The Hall–Kier alpha value is -0.500. The van der Waals surface area contributed by atoms with Gasteiger partial charge in [-0.05, 0) is 25.0 Å². The van der Waals surface area contributed by atoms with E-state index in [4.69, 9.17) is 4.74 Å². The summed E-state index contributed by atoms with van der Waals surface area (Å²) in [5, 5.41) is 0. The molecule has 1 aliphatic heterocycles. The van der Waals surface area contributed by atoms with Crippen molar-refractivity contribution in [2.75, 3.05) is 6.61 Å². The summed E-state index contributed by atoms with van der Waals surface area (Å²) in [6, 6.07) is 6.10. The van der Waals surface area contributed by atoms with E-state index in [1.807, 2.05) is 12.1 Å². The van der Waals surface area contributed by atoms with Gasteiger partial charge in [-0.2, -0.15) is 0 Å². The van der Waals surface area contributed by atoms with E-state index in [2.05, 4.69) is 22.0 Å².